The zero-order valence-corrected chi connectivity index (χ0v) is 17.4. The molecule has 0 aliphatic rings. The summed E-state index contributed by atoms with van der Waals surface area (Å²) in [7, 11) is 0. The molecule has 0 atom stereocenters. The van der Waals surface area contributed by atoms with E-state index in [-0.39, 0.29) is 12.5 Å². The van der Waals surface area contributed by atoms with E-state index in [2.05, 4.69) is 11.9 Å². The summed E-state index contributed by atoms with van der Waals surface area (Å²) in [6.45, 7) is 5.65. The molecule has 0 fully saturated rings. The van der Waals surface area contributed by atoms with Gasteiger partial charge >= 0.3 is 5.97 Å². The third-order valence-electron chi connectivity index (χ3n) is 4.08. The molecule has 28 heavy (non-hydrogen) atoms. The van der Waals surface area contributed by atoms with Gasteiger partial charge in [-0.15, -0.1) is 11.3 Å². The molecule has 1 heterocycles. The van der Waals surface area contributed by atoms with Crippen LogP contribution in [0.2, 0.25) is 0 Å². The van der Waals surface area contributed by atoms with Gasteiger partial charge in [-0.2, -0.15) is 0 Å². The number of unbranched alkanes of at least 4 members (excludes halogenated alkanes) is 2. The summed E-state index contributed by atoms with van der Waals surface area (Å²) in [5, 5.41) is 2.39. The van der Waals surface area contributed by atoms with E-state index in [9.17, 15) is 9.59 Å². The van der Waals surface area contributed by atoms with E-state index in [1.807, 2.05) is 30.3 Å². The van der Waals surface area contributed by atoms with E-state index in [0.29, 0.717) is 32.0 Å². The van der Waals surface area contributed by atoms with Crippen molar-refractivity contribution in [1.82, 2.24) is 9.88 Å². The van der Waals surface area contributed by atoms with Crippen molar-refractivity contribution in [3.8, 4) is 0 Å². The molecular weight excluding hydrogens is 376 g/mol. The lowest BCUT2D eigenvalue weighted by Gasteiger charge is -2.21. The van der Waals surface area contributed by atoms with Crippen LogP contribution in [0.3, 0.4) is 0 Å². The number of nitrogens with zero attached hydrogens (tertiary/aromatic N) is 2. The number of benzene rings is 1. The second kappa shape index (κ2) is 12.3. The first-order valence-corrected chi connectivity index (χ1v) is 10.5. The van der Waals surface area contributed by atoms with Crippen LogP contribution >= 0.6 is 11.3 Å². The van der Waals surface area contributed by atoms with E-state index >= 15 is 0 Å². The minimum absolute atomic E-state index is 0.0249. The van der Waals surface area contributed by atoms with Crippen molar-refractivity contribution in [2.75, 3.05) is 19.8 Å². The van der Waals surface area contributed by atoms with Crippen LogP contribution in [0, 0.1) is 0 Å². The molecule has 2 rings (SSSR count). The van der Waals surface area contributed by atoms with Gasteiger partial charge in [0.05, 0.1) is 19.8 Å². The number of amides is 1. The molecule has 2 aromatic rings. The summed E-state index contributed by atoms with van der Waals surface area (Å²) in [4.78, 5) is 30.5. The fourth-order valence-electron chi connectivity index (χ4n) is 2.61. The number of ether oxygens (including phenoxy) is 2. The number of thiazole rings is 1. The molecule has 0 aliphatic carbocycles. The molecule has 1 aromatic heterocycles. The number of aromatic nitrogens is 1. The normalized spacial score (nSPS) is 10.6. The number of rotatable bonds is 12. The average molecular weight is 405 g/mol. The second-order valence-corrected chi connectivity index (χ2v) is 7.29. The summed E-state index contributed by atoms with van der Waals surface area (Å²) in [5.41, 5.74) is 1.33. The molecule has 7 heteroatoms. The third kappa shape index (κ3) is 7.40. The van der Waals surface area contributed by atoms with Crippen molar-refractivity contribution >= 4 is 23.2 Å². The number of hydrogen-bond donors (Lipinski definition) is 0. The lowest BCUT2D eigenvalue weighted by atomic mass is 10.2. The summed E-state index contributed by atoms with van der Waals surface area (Å²) in [5.74, 6) is -0.500. The smallest absolute Gasteiger partial charge is 0.357 e. The van der Waals surface area contributed by atoms with Gasteiger partial charge in [-0.25, -0.2) is 9.78 Å². The Morgan fingerprint density at radius 2 is 1.93 bits per heavy atom. The van der Waals surface area contributed by atoms with E-state index in [1.54, 1.807) is 17.2 Å². The van der Waals surface area contributed by atoms with Crippen molar-refractivity contribution in [1.29, 1.82) is 0 Å². The summed E-state index contributed by atoms with van der Waals surface area (Å²) < 4.78 is 10.6. The Hall–Kier alpha value is -2.25. The zero-order valence-electron chi connectivity index (χ0n) is 16.6. The Balaban J connectivity index is 1.92. The van der Waals surface area contributed by atoms with Gasteiger partial charge < -0.3 is 14.4 Å². The number of carbonyl (C=O) groups is 2. The molecule has 0 aliphatic heterocycles. The Kier molecular flexibility index (Phi) is 9.65. The monoisotopic (exact) mass is 404 g/mol. The Morgan fingerprint density at radius 1 is 1.14 bits per heavy atom. The molecule has 0 N–H and O–H groups in total. The molecule has 6 nitrogen and oxygen atoms in total. The van der Waals surface area contributed by atoms with E-state index in [4.69, 9.17) is 9.47 Å². The van der Waals surface area contributed by atoms with Crippen molar-refractivity contribution in [3.05, 3.63) is 52.0 Å². The Morgan fingerprint density at radius 3 is 2.64 bits per heavy atom. The highest BCUT2D eigenvalue weighted by Crippen LogP contribution is 2.15. The standard InChI is InChI=1S/C21H28N2O4S/c1-3-5-9-12-23(13-19-22-18(16-28-19)21(25)27-4-2)20(24)15-26-14-17-10-7-6-8-11-17/h6-8,10-11,16H,3-5,9,12-15H2,1-2H3. The zero-order chi connectivity index (χ0) is 20.2. The van der Waals surface area contributed by atoms with E-state index < -0.39 is 5.97 Å². The maximum absolute atomic E-state index is 12.7. The summed E-state index contributed by atoms with van der Waals surface area (Å²) in [6.07, 6.45) is 3.06. The maximum atomic E-state index is 12.7. The Labute approximate surface area is 170 Å². The highest BCUT2D eigenvalue weighted by molar-refractivity contribution is 7.09. The van der Waals surface area contributed by atoms with Crippen LogP contribution in [-0.2, 0) is 27.4 Å². The first-order valence-electron chi connectivity index (χ1n) is 9.65. The van der Waals surface area contributed by atoms with Gasteiger partial charge in [0.25, 0.3) is 0 Å². The molecule has 152 valence electrons. The number of esters is 1. The Bertz CT molecular complexity index is 733. The molecule has 0 unspecified atom stereocenters. The topological polar surface area (TPSA) is 68.7 Å². The molecule has 0 saturated heterocycles. The van der Waals surface area contributed by atoms with Crippen LogP contribution in [0.15, 0.2) is 35.7 Å². The molecule has 1 aromatic carbocycles. The summed E-state index contributed by atoms with van der Waals surface area (Å²) >= 11 is 1.36. The molecule has 1 amide bonds. The first kappa shape index (κ1) is 22.0. The quantitative estimate of drug-likeness (QED) is 0.394. The molecule has 0 bridgehead atoms. The second-order valence-electron chi connectivity index (χ2n) is 6.35. The fraction of sp³-hybridized carbons (Fsp3) is 0.476. The van der Waals surface area contributed by atoms with Crippen molar-refractivity contribution in [2.45, 2.75) is 46.3 Å². The number of carbonyl (C=O) groups excluding carboxylic acids is 2. The average Bonchev–Trinajstić information content (AvgIpc) is 3.17. The fourth-order valence-corrected chi connectivity index (χ4v) is 3.39. The van der Waals surface area contributed by atoms with Gasteiger partial charge in [-0.1, -0.05) is 50.1 Å². The molecular formula is C21H28N2O4S. The van der Waals surface area contributed by atoms with Crippen molar-refractivity contribution in [2.24, 2.45) is 0 Å². The first-order chi connectivity index (χ1) is 13.6. The molecule has 0 spiro atoms. The van der Waals surface area contributed by atoms with Gasteiger partial charge in [0.15, 0.2) is 5.69 Å². The van der Waals surface area contributed by atoms with Crippen LogP contribution in [0.4, 0.5) is 0 Å². The minimum Gasteiger partial charge on any atom is -0.461 e. The maximum Gasteiger partial charge on any atom is 0.357 e. The van der Waals surface area contributed by atoms with E-state index in [0.717, 1.165) is 29.8 Å². The predicted octanol–water partition coefficient (Wildman–Crippen LogP) is 4.06. The van der Waals surface area contributed by atoms with Crippen LogP contribution in [-0.4, -0.2) is 41.5 Å². The van der Waals surface area contributed by atoms with Gasteiger partial charge in [-0.05, 0) is 18.9 Å². The lowest BCUT2D eigenvalue weighted by molar-refractivity contribution is -0.137. The van der Waals surface area contributed by atoms with Crippen LogP contribution in [0.5, 0.6) is 0 Å². The SMILES string of the molecule is CCCCCN(Cc1nc(C(=O)OCC)cs1)C(=O)COCc1ccccc1. The van der Waals surface area contributed by atoms with Gasteiger partial charge in [-0.3, -0.25) is 4.79 Å². The van der Waals surface area contributed by atoms with Gasteiger partial charge in [0.2, 0.25) is 5.91 Å². The largest absolute Gasteiger partial charge is 0.461 e. The third-order valence-corrected chi connectivity index (χ3v) is 4.92. The van der Waals surface area contributed by atoms with Crippen LogP contribution in [0.1, 0.15) is 54.2 Å². The van der Waals surface area contributed by atoms with E-state index in [1.165, 1.54) is 11.3 Å². The van der Waals surface area contributed by atoms with Crippen molar-refractivity contribution in [3.63, 3.8) is 0 Å². The summed E-state index contributed by atoms with van der Waals surface area (Å²) in [6, 6.07) is 9.77. The highest BCUT2D eigenvalue weighted by Gasteiger charge is 2.18. The minimum atomic E-state index is -0.431. The van der Waals surface area contributed by atoms with Crippen LogP contribution in [0.25, 0.3) is 0 Å². The number of hydrogen-bond acceptors (Lipinski definition) is 6. The van der Waals surface area contributed by atoms with Crippen LogP contribution < -0.4 is 0 Å². The lowest BCUT2D eigenvalue weighted by Crippen LogP contribution is -2.34. The molecule has 0 saturated carbocycles. The van der Waals surface area contributed by atoms with Gasteiger partial charge in [0, 0.05) is 11.9 Å². The highest BCUT2D eigenvalue weighted by atomic mass is 32.1. The predicted molar refractivity (Wildman–Crippen MR) is 109 cm³/mol. The van der Waals surface area contributed by atoms with Crippen molar-refractivity contribution < 1.29 is 19.1 Å². The molecule has 0 radical (unpaired) electrons. The van der Waals surface area contributed by atoms with Gasteiger partial charge in [0.1, 0.15) is 11.6 Å².